The van der Waals surface area contributed by atoms with Crippen molar-refractivity contribution >= 4 is 19.4 Å². The Morgan fingerprint density at radius 1 is 0.765 bits per heavy atom. The highest BCUT2D eigenvalue weighted by molar-refractivity contribution is 5.33. The van der Waals surface area contributed by atoms with Crippen LogP contribution in [0, 0.1) is 5.41 Å². The molecule has 0 atom stereocenters. The van der Waals surface area contributed by atoms with Crippen molar-refractivity contribution in [3.05, 3.63) is 0 Å². The third-order valence-corrected chi connectivity index (χ3v) is 1.15. The van der Waals surface area contributed by atoms with Gasteiger partial charge >= 0.3 is 0 Å². The molecule has 0 unspecified atom stereocenters. The van der Waals surface area contributed by atoms with Gasteiger partial charge in [0.05, 0.1) is 19.8 Å². The summed E-state index contributed by atoms with van der Waals surface area (Å²) in [7, 11) is 0. The molecule has 0 aromatic carbocycles. The van der Waals surface area contributed by atoms with Gasteiger partial charge in [-0.1, -0.05) is 6.92 Å². The molecule has 0 aliphatic rings. The molecule has 0 fully saturated rings. The van der Waals surface area contributed by atoms with Gasteiger partial charge in [-0.3, -0.25) is 14.4 Å². The van der Waals surface area contributed by atoms with Crippen LogP contribution in [0.4, 0.5) is 0 Å². The van der Waals surface area contributed by atoms with E-state index in [0.29, 0.717) is 0 Å². The molecule has 104 valence electrons. The van der Waals surface area contributed by atoms with Crippen LogP contribution in [-0.4, -0.2) is 69.9 Å². The van der Waals surface area contributed by atoms with Crippen molar-refractivity contribution in [2.24, 2.45) is 5.41 Å². The van der Waals surface area contributed by atoms with Crippen molar-refractivity contribution in [2.45, 2.75) is 6.92 Å². The first-order valence-corrected chi connectivity index (χ1v) is 3.99. The van der Waals surface area contributed by atoms with Gasteiger partial charge in [0, 0.05) is 5.41 Å². The maximum atomic E-state index is 8.47. The van der Waals surface area contributed by atoms with Crippen LogP contribution in [0.2, 0.25) is 0 Å². The molecule has 6 N–H and O–H groups in total. The third-order valence-electron chi connectivity index (χ3n) is 1.15. The molecule has 0 saturated heterocycles. The van der Waals surface area contributed by atoms with Crippen LogP contribution in [0.25, 0.3) is 0 Å². The summed E-state index contributed by atoms with van der Waals surface area (Å²) in [6.45, 7) is 0.312. The quantitative estimate of drug-likeness (QED) is 0.315. The van der Waals surface area contributed by atoms with Crippen LogP contribution in [0.5, 0.6) is 0 Å². The molecule has 0 aliphatic heterocycles. The molecule has 9 heteroatoms. The Balaban J connectivity index is -0.0000000784. The van der Waals surface area contributed by atoms with Gasteiger partial charge in [-0.05, 0) is 0 Å². The fourth-order valence-electron chi connectivity index (χ4n) is 0.150. The van der Waals surface area contributed by atoms with Gasteiger partial charge in [0.1, 0.15) is 0 Å². The van der Waals surface area contributed by atoms with Gasteiger partial charge in [-0.25, -0.2) is 0 Å². The highest BCUT2D eigenvalue weighted by Gasteiger charge is 2.20. The Morgan fingerprint density at radius 2 is 0.882 bits per heavy atom. The van der Waals surface area contributed by atoms with Crippen molar-refractivity contribution < 1.29 is 45.0 Å². The van der Waals surface area contributed by atoms with E-state index < -0.39 is 5.41 Å². The molecule has 0 aromatic rings. The van der Waals surface area contributed by atoms with E-state index in [-0.39, 0.29) is 39.2 Å². The Labute approximate surface area is 97.6 Å². The van der Waals surface area contributed by atoms with Crippen molar-refractivity contribution in [1.29, 1.82) is 0 Å². The summed E-state index contributed by atoms with van der Waals surface area (Å²) in [5.41, 5.74) is -0.708. The lowest BCUT2D eigenvalue weighted by molar-refractivity contribution is -0.123. The van der Waals surface area contributed by atoms with E-state index >= 15 is 0 Å². The monoisotopic (exact) mass is 258 g/mol. The van der Waals surface area contributed by atoms with Crippen LogP contribution < -0.4 is 0 Å². The minimum absolute atomic E-state index is 0.181. The molecule has 9 nitrogen and oxygen atoms in total. The predicted octanol–water partition coefficient (Wildman–Crippen LogP) is -1.93. The second-order valence-electron chi connectivity index (χ2n) is 2.60. The molecule has 0 rings (SSSR count). The molecule has 0 bridgehead atoms. The van der Waals surface area contributed by atoms with Crippen molar-refractivity contribution in [2.75, 3.05) is 19.8 Å². The summed E-state index contributed by atoms with van der Waals surface area (Å²) in [5, 5.41) is 46.1. The molecule has 0 saturated carbocycles. The minimum atomic E-state index is -0.708. The fourth-order valence-corrected chi connectivity index (χ4v) is 0.150. The minimum Gasteiger partial charge on any atom is -0.483 e. The normalized spacial score (nSPS) is 7.76. The maximum absolute atomic E-state index is 8.47. The maximum Gasteiger partial charge on any atom is 0.290 e. The number of hydrogen-bond acceptors (Lipinski definition) is 6. The average Bonchev–Trinajstić information content (AvgIpc) is 2.31. The summed E-state index contributed by atoms with van der Waals surface area (Å²) in [6.07, 6.45) is 0. The van der Waals surface area contributed by atoms with Crippen molar-refractivity contribution in [1.82, 2.24) is 0 Å². The lowest BCUT2D eigenvalue weighted by Crippen LogP contribution is -2.29. The number of aliphatic hydroxyl groups is 3. The van der Waals surface area contributed by atoms with Crippen LogP contribution in [-0.2, 0) is 14.4 Å². The number of hydrogen-bond donors (Lipinski definition) is 6. The Bertz CT molecular complexity index is 133. The highest BCUT2D eigenvalue weighted by atomic mass is 16.4. The number of rotatable bonds is 3. The first kappa shape index (κ1) is 24.5. The number of carbonyl (C=O) groups is 3. The molecule has 0 spiro atoms. The van der Waals surface area contributed by atoms with Crippen LogP contribution in [0.15, 0.2) is 0 Å². The summed E-state index contributed by atoms with van der Waals surface area (Å²) in [4.78, 5) is 25.1. The van der Waals surface area contributed by atoms with Gasteiger partial charge in [-0.2, -0.15) is 0 Å². The summed E-state index contributed by atoms with van der Waals surface area (Å²) >= 11 is 0. The second kappa shape index (κ2) is 23.8. The standard InChI is InChI=1S/C5H12O3.3CH2O2/c1-5(2-6,3-7)4-8;3*2-1-3/h6-8H,2-4H2,1H3;3*1H,(H,2,3). The third kappa shape index (κ3) is 40.6. The van der Waals surface area contributed by atoms with E-state index in [1.165, 1.54) is 0 Å². The van der Waals surface area contributed by atoms with E-state index in [4.69, 9.17) is 45.0 Å². The predicted molar refractivity (Wildman–Crippen MR) is 55.4 cm³/mol. The summed E-state index contributed by atoms with van der Waals surface area (Å²) in [5.74, 6) is 0. The molecular formula is C8H18O9. The van der Waals surface area contributed by atoms with E-state index in [1.54, 1.807) is 6.92 Å². The van der Waals surface area contributed by atoms with Gasteiger partial charge < -0.3 is 30.6 Å². The first-order valence-electron chi connectivity index (χ1n) is 3.99. The number of aliphatic hydroxyl groups excluding tert-OH is 3. The Hall–Kier alpha value is -1.71. The zero-order valence-electron chi connectivity index (χ0n) is 9.26. The Kier molecular flexibility index (Phi) is 34.3. The zero-order chi connectivity index (χ0) is 14.7. The molecule has 0 heterocycles. The molecule has 0 radical (unpaired) electrons. The molecule has 0 aromatic heterocycles. The highest BCUT2D eigenvalue weighted by Crippen LogP contribution is 2.10. The first-order chi connectivity index (χ1) is 7.92. The van der Waals surface area contributed by atoms with Crippen LogP contribution >= 0.6 is 0 Å². The molecule has 0 aliphatic carbocycles. The SMILES string of the molecule is CC(CO)(CO)CO.O=CO.O=CO.O=CO. The van der Waals surface area contributed by atoms with Crippen molar-refractivity contribution in [3.8, 4) is 0 Å². The van der Waals surface area contributed by atoms with Crippen LogP contribution in [0.3, 0.4) is 0 Å². The lowest BCUT2D eigenvalue weighted by atomic mass is 9.95. The Morgan fingerprint density at radius 3 is 0.882 bits per heavy atom. The largest absolute Gasteiger partial charge is 0.483 e. The topological polar surface area (TPSA) is 173 Å². The number of carboxylic acid groups (broad SMARTS) is 3. The van der Waals surface area contributed by atoms with E-state index in [9.17, 15) is 0 Å². The van der Waals surface area contributed by atoms with Crippen molar-refractivity contribution in [3.63, 3.8) is 0 Å². The van der Waals surface area contributed by atoms with Gasteiger partial charge in [0.15, 0.2) is 0 Å². The molecule has 0 amide bonds. The molecule has 17 heavy (non-hydrogen) atoms. The van der Waals surface area contributed by atoms with Crippen LogP contribution in [0.1, 0.15) is 6.92 Å². The zero-order valence-corrected chi connectivity index (χ0v) is 9.26. The summed E-state index contributed by atoms with van der Waals surface area (Å²) < 4.78 is 0. The summed E-state index contributed by atoms with van der Waals surface area (Å²) in [6, 6.07) is 0. The fraction of sp³-hybridized carbons (Fsp3) is 0.625. The smallest absolute Gasteiger partial charge is 0.290 e. The van der Waals surface area contributed by atoms with E-state index in [2.05, 4.69) is 0 Å². The van der Waals surface area contributed by atoms with E-state index in [0.717, 1.165) is 0 Å². The molecular weight excluding hydrogens is 240 g/mol. The lowest BCUT2D eigenvalue weighted by Gasteiger charge is -2.20. The van der Waals surface area contributed by atoms with Gasteiger partial charge in [0.25, 0.3) is 19.4 Å². The van der Waals surface area contributed by atoms with Gasteiger partial charge in [-0.15, -0.1) is 0 Å². The average molecular weight is 258 g/mol. The second-order valence-corrected chi connectivity index (χ2v) is 2.60. The van der Waals surface area contributed by atoms with Gasteiger partial charge in [0.2, 0.25) is 0 Å². The van der Waals surface area contributed by atoms with E-state index in [1.807, 2.05) is 0 Å².